The van der Waals surface area contributed by atoms with Crippen molar-refractivity contribution in [2.45, 2.75) is 33.3 Å². The lowest BCUT2D eigenvalue weighted by atomic mass is 10.1. The second-order valence-corrected chi connectivity index (χ2v) is 5.71. The van der Waals surface area contributed by atoms with Gasteiger partial charge in [-0.15, -0.1) is 0 Å². The lowest BCUT2D eigenvalue weighted by Gasteiger charge is -2.19. The van der Waals surface area contributed by atoms with Crippen molar-refractivity contribution in [3.8, 4) is 11.8 Å². The second-order valence-electron chi connectivity index (χ2n) is 5.35. The van der Waals surface area contributed by atoms with Gasteiger partial charge in [0.1, 0.15) is 5.60 Å². The largest absolute Gasteiger partial charge is 0.444 e. The molecule has 0 bridgehead atoms. The monoisotopic (exact) mass is 325 g/mol. The predicted molar refractivity (Wildman–Crippen MR) is 81.8 cm³/mol. The molecule has 0 aromatic carbocycles. The molecule has 0 spiro atoms. The number of carbonyl (C=O) groups excluding carboxylic acids is 1. The van der Waals surface area contributed by atoms with E-state index in [9.17, 15) is 14.9 Å². The molecule has 0 fully saturated rings. The number of amides is 1. The smallest absolute Gasteiger partial charge is 0.408 e. The molecular weight excluding hydrogens is 310 g/mol. The van der Waals surface area contributed by atoms with Gasteiger partial charge in [-0.05, 0) is 27.7 Å². The summed E-state index contributed by atoms with van der Waals surface area (Å²) in [6.45, 7) is 6.84. The van der Waals surface area contributed by atoms with E-state index in [0.717, 1.165) is 0 Å². The number of aromatic nitrogens is 1. The summed E-state index contributed by atoms with van der Waals surface area (Å²) in [6.07, 6.45) is 0.768. The Labute approximate surface area is 133 Å². The average molecular weight is 326 g/mol. The van der Waals surface area contributed by atoms with E-state index in [1.807, 2.05) is 0 Å². The Kier molecular flexibility index (Phi) is 5.71. The fourth-order valence-corrected chi connectivity index (χ4v) is 1.73. The zero-order valence-corrected chi connectivity index (χ0v) is 13.4. The van der Waals surface area contributed by atoms with Crippen molar-refractivity contribution >= 4 is 23.4 Å². The van der Waals surface area contributed by atoms with Crippen LogP contribution in [0.1, 0.15) is 31.9 Å². The van der Waals surface area contributed by atoms with Gasteiger partial charge in [-0.25, -0.2) is 9.78 Å². The summed E-state index contributed by atoms with van der Waals surface area (Å²) in [4.78, 5) is 25.4. The average Bonchev–Trinajstić information content (AvgIpc) is 2.34. The lowest BCUT2D eigenvalue weighted by Crippen LogP contribution is -2.32. The molecule has 1 amide bonds. The zero-order chi connectivity index (χ0) is 16.9. The summed E-state index contributed by atoms with van der Waals surface area (Å²) in [5, 5.41) is 13.2. The van der Waals surface area contributed by atoms with E-state index in [4.69, 9.17) is 16.3 Å². The van der Waals surface area contributed by atoms with Crippen molar-refractivity contribution in [3.05, 3.63) is 32.6 Å². The lowest BCUT2D eigenvalue weighted by molar-refractivity contribution is -0.385. The highest BCUT2D eigenvalue weighted by atomic mass is 35.5. The number of ether oxygens (including phenoxy) is 1. The van der Waals surface area contributed by atoms with Crippen LogP contribution in [-0.2, 0) is 4.74 Å². The van der Waals surface area contributed by atoms with Gasteiger partial charge in [-0.1, -0.05) is 23.4 Å². The van der Waals surface area contributed by atoms with E-state index in [1.165, 1.54) is 13.1 Å². The van der Waals surface area contributed by atoms with Gasteiger partial charge in [-0.3, -0.25) is 10.1 Å². The molecule has 0 aliphatic heterocycles. The van der Waals surface area contributed by atoms with Gasteiger partial charge in [0, 0.05) is 11.8 Å². The molecule has 22 heavy (non-hydrogen) atoms. The number of alkyl carbamates (subject to hydrolysis) is 1. The molecule has 1 rings (SSSR count). The normalized spacial score (nSPS) is 10.4. The summed E-state index contributed by atoms with van der Waals surface area (Å²) in [7, 11) is 0. The summed E-state index contributed by atoms with van der Waals surface area (Å²) >= 11 is 5.69. The number of nitrogens with zero attached hydrogens (tertiary/aromatic N) is 2. The van der Waals surface area contributed by atoms with Gasteiger partial charge in [0.2, 0.25) is 5.15 Å². The number of hydrogen-bond acceptors (Lipinski definition) is 5. The maximum atomic E-state index is 11.4. The zero-order valence-electron chi connectivity index (χ0n) is 12.7. The Hall–Kier alpha value is -2.33. The minimum Gasteiger partial charge on any atom is -0.444 e. The minimum atomic E-state index is -0.602. The van der Waals surface area contributed by atoms with Crippen LogP contribution in [0.15, 0.2) is 6.20 Å². The first kappa shape index (κ1) is 17.7. The minimum absolute atomic E-state index is 0.0464. The molecule has 1 N–H and O–H groups in total. The maximum absolute atomic E-state index is 11.4. The van der Waals surface area contributed by atoms with Crippen LogP contribution in [0.4, 0.5) is 10.5 Å². The first-order valence-electron chi connectivity index (χ1n) is 6.37. The molecular formula is C14H16ClN3O4. The van der Waals surface area contributed by atoms with E-state index < -0.39 is 16.6 Å². The van der Waals surface area contributed by atoms with E-state index in [2.05, 4.69) is 22.1 Å². The molecule has 1 aromatic heterocycles. The van der Waals surface area contributed by atoms with Gasteiger partial charge in [0.05, 0.1) is 17.0 Å². The second kappa shape index (κ2) is 7.09. The van der Waals surface area contributed by atoms with Gasteiger partial charge < -0.3 is 10.1 Å². The van der Waals surface area contributed by atoms with E-state index >= 15 is 0 Å². The SMILES string of the molecule is Cc1c(C#CCNC(=O)OC(C)(C)C)cnc(Cl)c1[N+](=O)[O-]. The third-order valence-corrected chi connectivity index (χ3v) is 2.66. The Balaban J connectivity index is 2.76. The Bertz CT molecular complexity index is 657. The molecule has 7 nitrogen and oxygen atoms in total. The number of nitrogens with one attached hydrogen (secondary N) is 1. The molecule has 0 saturated carbocycles. The summed E-state index contributed by atoms with van der Waals surface area (Å²) in [5.74, 6) is 5.38. The summed E-state index contributed by atoms with van der Waals surface area (Å²) in [6, 6.07) is 0. The van der Waals surface area contributed by atoms with Crippen LogP contribution in [0.25, 0.3) is 0 Å². The van der Waals surface area contributed by atoms with Crippen LogP contribution in [-0.4, -0.2) is 28.1 Å². The topological polar surface area (TPSA) is 94.4 Å². The van der Waals surface area contributed by atoms with Gasteiger partial charge in [0.15, 0.2) is 0 Å². The van der Waals surface area contributed by atoms with Crippen LogP contribution < -0.4 is 5.32 Å². The third-order valence-electron chi connectivity index (χ3n) is 2.39. The van der Waals surface area contributed by atoms with Crippen LogP contribution >= 0.6 is 11.6 Å². The molecule has 0 unspecified atom stereocenters. The Morgan fingerprint density at radius 1 is 1.55 bits per heavy atom. The molecule has 1 aromatic rings. The molecule has 0 aliphatic carbocycles. The van der Waals surface area contributed by atoms with Gasteiger partial charge in [-0.2, -0.15) is 0 Å². The van der Waals surface area contributed by atoms with Crippen molar-refractivity contribution in [3.63, 3.8) is 0 Å². The van der Waals surface area contributed by atoms with E-state index in [0.29, 0.717) is 11.1 Å². The number of halogens is 1. The molecule has 0 radical (unpaired) electrons. The molecule has 0 saturated heterocycles. The van der Waals surface area contributed by atoms with Crippen molar-refractivity contribution in [2.24, 2.45) is 0 Å². The van der Waals surface area contributed by atoms with Crippen LogP contribution in [0.3, 0.4) is 0 Å². The van der Waals surface area contributed by atoms with Crippen LogP contribution in [0.2, 0.25) is 5.15 Å². The number of rotatable bonds is 2. The van der Waals surface area contributed by atoms with Gasteiger partial charge >= 0.3 is 11.8 Å². The maximum Gasteiger partial charge on any atom is 0.408 e. The van der Waals surface area contributed by atoms with E-state index in [1.54, 1.807) is 20.8 Å². The highest BCUT2D eigenvalue weighted by Gasteiger charge is 2.19. The summed E-state index contributed by atoms with van der Waals surface area (Å²) < 4.78 is 5.04. The molecule has 118 valence electrons. The highest BCUT2D eigenvalue weighted by Crippen LogP contribution is 2.27. The van der Waals surface area contributed by atoms with Crippen molar-refractivity contribution in [1.29, 1.82) is 0 Å². The first-order valence-corrected chi connectivity index (χ1v) is 6.75. The third kappa shape index (κ3) is 5.22. The van der Waals surface area contributed by atoms with Crippen LogP contribution in [0, 0.1) is 28.9 Å². The number of hydrogen-bond donors (Lipinski definition) is 1. The number of carbonyl (C=O) groups is 1. The van der Waals surface area contributed by atoms with Crippen molar-refractivity contribution < 1.29 is 14.5 Å². The number of pyridine rings is 1. The standard InChI is InChI=1S/C14H16ClN3O4/c1-9-10(8-17-12(15)11(9)18(20)21)6-5-7-16-13(19)22-14(2,3)4/h8H,7H2,1-4H3,(H,16,19). The fraction of sp³-hybridized carbons (Fsp3) is 0.429. The van der Waals surface area contributed by atoms with Crippen molar-refractivity contribution in [2.75, 3.05) is 6.54 Å². The highest BCUT2D eigenvalue weighted by molar-refractivity contribution is 6.31. The molecule has 0 aliphatic rings. The molecule has 8 heteroatoms. The summed E-state index contributed by atoms with van der Waals surface area (Å²) in [5.41, 5.74) is -0.153. The Morgan fingerprint density at radius 3 is 2.73 bits per heavy atom. The fourth-order valence-electron chi connectivity index (χ4n) is 1.47. The van der Waals surface area contributed by atoms with Crippen molar-refractivity contribution in [1.82, 2.24) is 10.3 Å². The van der Waals surface area contributed by atoms with Crippen LogP contribution in [0.5, 0.6) is 0 Å². The molecule has 1 heterocycles. The molecule has 0 atom stereocenters. The Morgan fingerprint density at radius 2 is 2.18 bits per heavy atom. The van der Waals surface area contributed by atoms with Gasteiger partial charge in [0.25, 0.3) is 0 Å². The number of nitro groups is 1. The quantitative estimate of drug-likeness (QED) is 0.390. The van der Waals surface area contributed by atoms with E-state index in [-0.39, 0.29) is 17.4 Å². The first-order chi connectivity index (χ1) is 10.1. The predicted octanol–water partition coefficient (Wildman–Crippen LogP) is 2.83.